The van der Waals surface area contributed by atoms with Crippen molar-refractivity contribution in [3.63, 3.8) is 0 Å². The highest BCUT2D eigenvalue weighted by atomic mass is 19.2. The fraction of sp³-hybridized carbons (Fsp3) is 0.459. The number of hydrogen-bond donors (Lipinski definition) is 0. The van der Waals surface area contributed by atoms with E-state index in [0.717, 1.165) is 32.1 Å². The van der Waals surface area contributed by atoms with Gasteiger partial charge < -0.3 is 4.74 Å². The molecule has 1 fully saturated rings. The lowest BCUT2D eigenvalue weighted by Gasteiger charge is -2.30. The molecule has 0 amide bonds. The summed E-state index contributed by atoms with van der Waals surface area (Å²) in [6.45, 7) is 4.64. The first-order valence-corrected chi connectivity index (χ1v) is 15.8. The molecule has 0 aromatic heterocycles. The summed E-state index contributed by atoms with van der Waals surface area (Å²) >= 11 is 0. The largest absolute Gasteiger partial charge is 0.378 e. The van der Waals surface area contributed by atoms with Gasteiger partial charge in [-0.05, 0) is 60.8 Å². The molecular formula is C37H44F4O. The predicted molar refractivity (Wildman–Crippen MR) is 165 cm³/mol. The molecule has 4 rings (SSSR count). The van der Waals surface area contributed by atoms with Crippen molar-refractivity contribution in [3.05, 3.63) is 95.1 Å². The number of hydrogen-bond acceptors (Lipinski definition) is 1. The van der Waals surface area contributed by atoms with Crippen molar-refractivity contribution in [3.8, 4) is 22.3 Å². The molecule has 0 spiro atoms. The molecule has 42 heavy (non-hydrogen) atoms. The first kappa shape index (κ1) is 32.0. The van der Waals surface area contributed by atoms with Crippen molar-refractivity contribution < 1.29 is 22.3 Å². The molecule has 0 saturated carbocycles. The summed E-state index contributed by atoms with van der Waals surface area (Å²) in [6, 6.07) is 12.9. The molecule has 0 radical (unpaired) electrons. The Balaban J connectivity index is 1.38. The maximum absolute atomic E-state index is 15.3. The minimum absolute atomic E-state index is 0.140. The van der Waals surface area contributed by atoms with Crippen LogP contribution in [-0.4, -0.2) is 12.7 Å². The standard InChI is InChI=1S/C37H44F4O/c1-3-5-7-9-10-12-14-30-21-19-29(25-42-30)33-24-23-32(36(40)37(33)41)27-17-15-26(16-18-27)31-22-20-28(34(38)35(31)39)13-11-8-6-4-2/h6,8,15-18,20,22-24,29-30H,3-5,7,9-14,19,21,25H2,1-2H3. The third kappa shape index (κ3) is 8.12. The third-order valence-electron chi connectivity index (χ3n) is 8.45. The van der Waals surface area contributed by atoms with Crippen LogP contribution >= 0.6 is 0 Å². The summed E-state index contributed by atoms with van der Waals surface area (Å²) in [7, 11) is 0. The van der Waals surface area contributed by atoms with Gasteiger partial charge in [-0.25, -0.2) is 17.6 Å². The van der Waals surface area contributed by atoms with Gasteiger partial charge in [-0.15, -0.1) is 0 Å². The zero-order valence-electron chi connectivity index (χ0n) is 25.0. The van der Waals surface area contributed by atoms with Crippen LogP contribution in [0, 0.1) is 23.3 Å². The number of allylic oxidation sites excluding steroid dienone is 2. The lowest BCUT2D eigenvalue weighted by Crippen LogP contribution is -2.25. The van der Waals surface area contributed by atoms with Crippen LogP contribution in [0.15, 0.2) is 60.7 Å². The Kier molecular flexibility index (Phi) is 12.2. The van der Waals surface area contributed by atoms with Crippen LogP contribution in [0.1, 0.15) is 102 Å². The van der Waals surface area contributed by atoms with E-state index in [0.29, 0.717) is 41.7 Å². The normalized spacial score (nSPS) is 17.3. The Morgan fingerprint density at radius 2 is 1.33 bits per heavy atom. The predicted octanol–water partition coefficient (Wildman–Crippen LogP) is 11.5. The molecule has 226 valence electrons. The molecule has 3 aromatic rings. The molecule has 2 unspecified atom stereocenters. The molecule has 0 bridgehead atoms. The molecule has 1 saturated heterocycles. The number of unbranched alkanes of at least 4 members (excludes halogenated alkanes) is 5. The van der Waals surface area contributed by atoms with Crippen molar-refractivity contribution in [2.45, 2.75) is 103 Å². The maximum atomic E-state index is 15.3. The van der Waals surface area contributed by atoms with E-state index in [1.54, 1.807) is 48.5 Å². The van der Waals surface area contributed by atoms with Crippen LogP contribution in [0.3, 0.4) is 0 Å². The van der Waals surface area contributed by atoms with E-state index in [9.17, 15) is 8.78 Å². The van der Waals surface area contributed by atoms with Gasteiger partial charge in [0.25, 0.3) is 0 Å². The average molecular weight is 581 g/mol. The van der Waals surface area contributed by atoms with E-state index < -0.39 is 23.3 Å². The van der Waals surface area contributed by atoms with Gasteiger partial charge >= 0.3 is 0 Å². The lowest BCUT2D eigenvalue weighted by atomic mass is 9.88. The van der Waals surface area contributed by atoms with Gasteiger partial charge in [0.2, 0.25) is 0 Å². The van der Waals surface area contributed by atoms with Crippen molar-refractivity contribution in [1.82, 2.24) is 0 Å². The molecule has 0 aliphatic carbocycles. The van der Waals surface area contributed by atoms with Gasteiger partial charge in [0.05, 0.1) is 12.7 Å². The summed E-state index contributed by atoms with van der Waals surface area (Å²) in [5.41, 5.74) is 1.92. The van der Waals surface area contributed by atoms with Crippen LogP contribution in [0.5, 0.6) is 0 Å². The SMILES string of the molecule is CCC=CCCc1ccc(-c2ccc(-c3ccc(C4CCC(CCCCCCCC)OC4)c(F)c3F)cc2)c(F)c1F. The number of ether oxygens (including phenoxy) is 1. The number of rotatable bonds is 14. The highest BCUT2D eigenvalue weighted by molar-refractivity contribution is 5.71. The minimum Gasteiger partial charge on any atom is -0.378 e. The fourth-order valence-electron chi connectivity index (χ4n) is 5.89. The van der Waals surface area contributed by atoms with E-state index in [1.165, 1.54) is 32.1 Å². The lowest BCUT2D eigenvalue weighted by molar-refractivity contribution is -0.00283. The second kappa shape index (κ2) is 16.1. The molecule has 0 N–H and O–H groups in total. The molecule has 1 nitrogen and oxygen atoms in total. The monoisotopic (exact) mass is 580 g/mol. The molecule has 5 heteroatoms. The van der Waals surface area contributed by atoms with E-state index in [-0.39, 0.29) is 23.1 Å². The van der Waals surface area contributed by atoms with E-state index in [1.807, 2.05) is 19.1 Å². The number of benzene rings is 3. The summed E-state index contributed by atoms with van der Waals surface area (Å²) in [5.74, 6) is -3.64. The fourth-order valence-corrected chi connectivity index (χ4v) is 5.89. The minimum atomic E-state index is -0.898. The molecule has 3 aromatic carbocycles. The zero-order chi connectivity index (χ0) is 29.9. The first-order valence-electron chi connectivity index (χ1n) is 15.8. The Bertz CT molecular complexity index is 1310. The van der Waals surface area contributed by atoms with Gasteiger partial charge in [-0.2, -0.15) is 0 Å². The second-order valence-electron chi connectivity index (χ2n) is 11.5. The van der Waals surface area contributed by atoms with Crippen LogP contribution in [-0.2, 0) is 11.2 Å². The van der Waals surface area contributed by atoms with Crippen LogP contribution in [0.25, 0.3) is 22.3 Å². The Hall–Kier alpha value is -2.92. The Morgan fingerprint density at radius 3 is 1.98 bits per heavy atom. The third-order valence-corrected chi connectivity index (χ3v) is 8.45. The number of aryl methyl sites for hydroxylation is 1. The number of halogens is 4. The summed E-state index contributed by atoms with van der Waals surface area (Å²) in [4.78, 5) is 0. The second-order valence-corrected chi connectivity index (χ2v) is 11.5. The van der Waals surface area contributed by atoms with E-state index in [4.69, 9.17) is 4.74 Å². The first-order chi connectivity index (χ1) is 20.4. The summed E-state index contributed by atoms with van der Waals surface area (Å²) in [6.07, 6.45) is 16.3. The maximum Gasteiger partial charge on any atom is 0.166 e. The van der Waals surface area contributed by atoms with Gasteiger partial charge in [-0.1, -0.05) is 113 Å². The molecule has 2 atom stereocenters. The average Bonchev–Trinajstić information content (AvgIpc) is 3.01. The molecular weight excluding hydrogens is 536 g/mol. The van der Waals surface area contributed by atoms with Gasteiger partial charge in [0, 0.05) is 17.0 Å². The summed E-state index contributed by atoms with van der Waals surface area (Å²) in [5, 5.41) is 0. The van der Waals surface area contributed by atoms with Gasteiger partial charge in [-0.3, -0.25) is 0 Å². The smallest absolute Gasteiger partial charge is 0.166 e. The molecule has 1 aliphatic rings. The van der Waals surface area contributed by atoms with Crippen LogP contribution in [0.4, 0.5) is 17.6 Å². The Labute approximate surface area is 249 Å². The van der Waals surface area contributed by atoms with Crippen molar-refractivity contribution in [2.24, 2.45) is 0 Å². The van der Waals surface area contributed by atoms with Crippen LogP contribution in [0.2, 0.25) is 0 Å². The highest BCUT2D eigenvalue weighted by Crippen LogP contribution is 2.36. The zero-order valence-corrected chi connectivity index (χ0v) is 25.0. The Morgan fingerprint density at radius 1 is 0.690 bits per heavy atom. The van der Waals surface area contributed by atoms with Gasteiger partial charge in [0.15, 0.2) is 23.3 Å². The highest BCUT2D eigenvalue weighted by Gasteiger charge is 2.27. The molecule has 1 heterocycles. The topological polar surface area (TPSA) is 9.23 Å². The quantitative estimate of drug-likeness (QED) is 0.105. The van der Waals surface area contributed by atoms with Crippen LogP contribution < -0.4 is 0 Å². The van der Waals surface area contributed by atoms with Crippen molar-refractivity contribution in [2.75, 3.05) is 6.61 Å². The van der Waals surface area contributed by atoms with Crippen molar-refractivity contribution >= 4 is 0 Å². The van der Waals surface area contributed by atoms with Crippen molar-refractivity contribution in [1.29, 1.82) is 0 Å². The van der Waals surface area contributed by atoms with E-state index >= 15 is 8.78 Å². The van der Waals surface area contributed by atoms with E-state index in [2.05, 4.69) is 6.92 Å². The summed E-state index contributed by atoms with van der Waals surface area (Å²) < 4.78 is 66.2. The molecule has 1 aliphatic heterocycles. The van der Waals surface area contributed by atoms with Gasteiger partial charge in [0.1, 0.15) is 0 Å².